The van der Waals surface area contributed by atoms with Gasteiger partial charge in [0, 0.05) is 6.61 Å². The molecule has 0 amide bonds. The molecule has 0 aliphatic rings. The Morgan fingerprint density at radius 3 is 2.75 bits per heavy atom. The molecule has 0 saturated heterocycles. The lowest BCUT2D eigenvalue weighted by Crippen LogP contribution is -2.04. The summed E-state index contributed by atoms with van der Waals surface area (Å²) in [6.07, 6.45) is 5.84. The van der Waals surface area contributed by atoms with E-state index < -0.39 is 0 Å². The van der Waals surface area contributed by atoms with Crippen LogP contribution < -0.4 is 0 Å². The lowest BCUT2D eigenvalue weighted by atomic mass is 10.0. The van der Waals surface area contributed by atoms with Crippen molar-refractivity contribution in [2.24, 2.45) is 5.92 Å². The van der Waals surface area contributed by atoms with E-state index in [0.29, 0.717) is 12.5 Å². The average molecular weight is 172 g/mol. The zero-order chi connectivity index (χ0) is 9.23. The van der Waals surface area contributed by atoms with Crippen molar-refractivity contribution >= 4 is 0 Å². The number of unbranched alkanes of at least 4 members (excludes halogenated alkanes) is 1. The van der Waals surface area contributed by atoms with Gasteiger partial charge in [-0.2, -0.15) is 0 Å². The van der Waals surface area contributed by atoms with Gasteiger partial charge in [-0.3, -0.25) is 0 Å². The van der Waals surface area contributed by atoms with Gasteiger partial charge in [0.2, 0.25) is 0 Å². The summed E-state index contributed by atoms with van der Waals surface area (Å²) in [6, 6.07) is 0. The molecule has 1 unspecified atom stereocenters. The van der Waals surface area contributed by atoms with Gasteiger partial charge in [0.25, 0.3) is 0 Å². The maximum Gasteiger partial charge on any atom is 0.0873 e. The van der Waals surface area contributed by atoms with Crippen LogP contribution in [0.2, 0.25) is 0 Å². The fourth-order valence-electron chi connectivity index (χ4n) is 1.13. The Hall–Kier alpha value is -0.500. The molecule has 0 aliphatic heterocycles. The van der Waals surface area contributed by atoms with Gasteiger partial charge in [-0.25, -0.2) is 0 Å². The predicted molar refractivity (Wildman–Crippen MR) is 50.9 cm³/mol. The largest absolute Gasteiger partial charge is 0.502 e. The Bertz CT molecular complexity index is 98.0. The van der Waals surface area contributed by atoms with Crippen LogP contribution in [0.3, 0.4) is 0 Å². The van der Waals surface area contributed by atoms with Crippen molar-refractivity contribution in [2.45, 2.75) is 32.6 Å². The minimum absolute atomic E-state index is 0.318. The van der Waals surface area contributed by atoms with Crippen molar-refractivity contribution in [2.75, 3.05) is 13.2 Å². The van der Waals surface area contributed by atoms with Gasteiger partial charge in [-0.1, -0.05) is 19.9 Å². The van der Waals surface area contributed by atoms with E-state index >= 15 is 0 Å². The minimum Gasteiger partial charge on any atom is -0.502 e. The summed E-state index contributed by atoms with van der Waals surface area (Å²) in [6.45, 7) is 6.65. The normalized spacial score (nSPS) is 12.5. The van der Waals surface area contributed by atoms with Crippen molar-refractivity contribution in [3.8, 4) is 0 Å². The van der Waals surface area contributed by atoms with E-state index in [4.69, 9.17) is 9.84 Å². The van der Waals surface area contributed by atoms with Crippen LogP contribution in [0, 0.1) is 5.92 Å². The molecule has 12 heavy (non-hydrogen) atoms. The number of rotatable bonds is 8. The molecule has 2 nitrogen and oxygen atoms in total. The highest BCUT2D eigenvalue weighted by atomic mass is 16.5. The summed E-state index contributed by atoms with van der Waals surface area (Å²) in [5, 5.41) is 8.88. The second kappa shape index (κ2) is 8.60. The third kappa shape index (κ3) is 6.23. The third-order valence-corrected chi connectivity index (χ3v) is 2.08. The van der Waals surface area contributed by atoms with E-state index in [1.165, 1.54) is 6.26 Å². The number of ether oxygens (including phenoxy) is 1. The van der Waals surface area contributed by atoms with Crippen LogP contribution in [0.5, 0.6) is 0 Å². The van der Waals surface area contributed by atoms with E-state index in [9.17, 15) is 0 Å². The molecule has 0 fully saturated rings. The Labute approximate surface area is 75.2 Å². The Morgan fingerprint density at radius 1 is 1.50 bits per heavy atom. The first-order valence-corrected chi connectivity index (χ1v) is 4.68. The van der Waals surface area contributed by atoms with Crippen LogP contribution in [-0.2, 0) is 4.74 Å². The molecule has 0 aliphatic carbocycles. The predicted octanol–water partition coefficient (Wildman–Crippen LogP) is 2.34. The van der Waals surface area contributed by atoms with Crippen LogP contribution in [0.1, 0.15) is 32.6 Å². The van der Waals surface area contributed by atoms with Crippen molar-refractivity contribution in [1.82, 2.24) is 0 Å². The van der Waals surface area contributed by atoms with Crippen LogP contribution in [-0.4, -0.2) is 18.3 Å². The van der Waals surface area contributed by atoms with Crippen LogP contribution in [0.15, 0.2) is 12.8 Å². The average Bonchev–Trinajstić information content (AvgIpc) is 2.11. The van der Waals surface area contributed by atoms with E-state index in [-0.39, 0.29) is 0 Å². The molecule has 2 heteroatoms. The molecule has 0 saturated carbocycles. The molecule has 1 N–H and O–H groups in total. The molecule has 72 valence electrons. The van der Waals surface area contributed by atoms with Gasteiger partial charge in [0.1, 0.15) is 0 Å². The molecule has 0 aromatic heterocycles. The molecule has 1 atom stereocenters. The number of hydrogen-bond acceptors (Lipinski definition) is 2. The highest BCUT2D eigenvalue weighted by Gasteiger charge is 2.02. The third-order valence-electron chi connectivity index (χ3n) is 2.08. The molecule has 0 aromatic carbocycles. The summed E-state index contributed by atoms with van der Waals surface area (Å²) >= 11 is 0. The summed E-state index contributed by atoms with van der Waals surface area (Å²) in [7, 11) is 0. The van der Waals surface area contributed by atoms with Crippen molar-refractivity contribution in [1.29, 1.82) is 0 Å². The van der Waals surface area contributed by atoms with E-state index in [1.807, 2.05) is 0 Å². The highest BCUT2D eigenvalue weighted by molar-refractivity contribution is 4.56. The number of aliphatic hydroxyl groups is 1. The van der Waals surface area contributed by atoms with Crippen LogP contribution in [0.4, 0.5) is 0 Å². The SMILES string of the molecule is C=COCCCCC(CC)CO. The summed E-state index contributed by atoms with van der Waals surface area (Å²) in [5.74, 6) is 0.480. The second-order valence-electron chi connectivity index (χ2n) is 2.99. The maximum absolute atomic E-state index is 8.88. The van der Waals surface area contributed by atoms with Gasteiger partial charge in [-0.05, 0) is 25.2 Å². The monoisotopic (exact) mass is 172 g/mol. The van der Waals surface area contributed by atoms with Crippen LogP contribution >= 0.6 is 0 Å². The molecule has 0 heterocycles. The van der Waals surface area contributed by atoms with E-state index in [0.717, 1.165) is 32.3 Å². The van der Waals surface area contributed by atoms with Gasteiger partial charge in [0.15, 0.2) is 0 Å². The highest BCUT2D eigenvalue weighted by Crippen LogP contribution is 2.11. The number of hydrogen-bond donors (Lipinski definition) is 1. The molecule has 0 aromatic rings. The molecule has 0 radical (unpaired) electrons. The topological polar surface area (TPSA) is 29.5 Å². The lowest BCUT2D eigenvalue weighted by Gasteiger charge is -2.10. The fraction of sp³-hybridized carbons (Fsp3) is 0.800. The van der Waals surface area contributed by atoms with Gasteiger partial charge >= 0.3 is 0 Å². The van der Waals surface area contributed by atoms with E-state index in [1.54, 1.807) is 0 Å². The smallest absolute Gasteiger partial charge is 0.0873 e. The number of aliphatic hydroxyl groups excluding tert-OH is 1. The minimum atomic E-state index is 0.318. The molecular weight excluding hydrogens is 152 g/mol. The molecule has 0 rings (SSSR count). The Kier molecular flexibility index (Phi) is 8.24. The first-order chi connectivity index (χ1) is 5.85. The molecule has 0 spiro atoms. The van der Waals surface area contributed by atoms with E-state index in [2.05, 4.69) is 13.5 Å². The van der Waals surface area contributed by atoms with Crippen molar-refractivity contribution < 1.29 is 9.84 Å². The molecular formula is C10H20O2. The standard InChI is InChI=1S/C10H20O2/c1-3-10(9-11)7-5-6-8-12-4-2/h4,10-11H,2-3,5-9H2,1H3. The second-order valence-corrected chi connectivity index (χ2v) is 2.99. The summed E-state index contributed by atoms with van der Waals surface area (Å²) in [5.41, 5.74) is 0. The van der Waals surface area contributed by atoms with Gasteiger partial charge in [-0.15, -0.1) is 0 Å². The Balaban J connectivity index is 3.11. The van der Waals surface area contributed by atoms with Gasteiger partial charge < -0.3 is 9.84 Å². The summed E-state index contributed by atoms with van der Waals surface area (Å²) < 4.78 is 4.98. The first kappa shape index (κ1) is 11.5. The van der Waals surface area contributed by atoms with Crippen molar-refractivity contribution in [3.05, 3.63) is 12.8 Å². The zero-order valence-corrected chi connectivity index (χ0v) is 7.96. The van der Waals surface area contributed by atoms with Crippen LogP contribution in [0.25, 0.3) is 0 Å². The molecule has 0 bridgehead atoms. The zero-order valence-electron chi connectivity index (χ0n) is 7.96. The Morgan fingerprint density at radius 2 is 2.25 bits per heavy atom. The quantitative estimate of drug-likeness (QED) is 0.450. The first-order valence-electron chi connectivity index (χ1n) is 4.68. The summed E-state index contributed by atoms with van der Waals surface area (Å²) in [4.78, 5) is 0. The lowest BCUT2D eigenvalue weighted by molar-refractivity contribution is 0.201. The van der Waals surface area contributed by atoms with Crippen molar-refractivity contribution in [3.63, 3.8) is 0 Å². The van der Waals surface area contributed by atoms with Gasteiger partial charge in [0.05, 0.1) is 12.9 Å². The maximum atomic E-state index is 8.88. The fourth-order valence-corrected chi connectivity index (χ4v) is 1.13.